The number of rotatable bonds is 2. The summed E-state index contributed by atoms with van der Waals surface area (Å²) in [6.07, 6.45) is -8.01. The second-order valence-corrected chi connectivity index (χ2v) is 13.6. The third kappa shape index (κ3) is 5.09. The topological polar surface area (TPSA) is 246 Å². The zero-order valence-corrected chi connectivity index (χ0v) is 25.0. The van der Waals surface area contributed by atoms with Crippen molar-refractivity contribution in [2.45, 2.75) is 55.4 Å². The van der Waals surface area contributed by atoms with Gasteiger partial charge < -0.3 is 33.3 Å². The maximum Gasteiger partial charge on any atom is 0.473 e. The van der Waals surface area contributed by atoms with E-state index in [1.54, 1.807) is 0 Å². The summed E-state index contributed by atoms with van der Waals surface area (Å²) < 4.78 is 73.7. The smallest absolute Gasteiger partial charge is 0.388 e. The molecule has 3 fully saturated rings. The van der Waals surface area contributed by atoms with Crippen molar-refractivity contribution in [3.05, 3.63) is 46.0 Å². The van der Waals surface area contributed by atoms with Gasteiger partial charge in [0.15, 0.2) is 34.7 Å². The molecule has 23 heteroatoms. The van der Waals surface area contributed by atoms with Crippen LogP contribution in [0.4, 0.5) is 4.39 Å². The van der Waals surface area contributed by atoms with Crippen molar-refractivity contribution in [2.75, 3.05) is 6.61 Å². The molecule has 45 heavy (non-hydrogen) atoms. The van der Waals surface area contributed by atoms with Crippen molar-refractivity contribution in [1.29, 1.82) is 0 Å². The van der Waals surface area contributed by atoms with Gasteiger partial charge >= 0.3 is 15.6 Å². The van der Waals surface area contributed by atoms with E-state index in [0.717, 1.165) is 15.5 Å². The molecular formula is C22H25FN8O12P2. The van der Waals surface area contributed by atoms with Gasteiger partial charge in [-0.2, -0.15) is 0 Å². The van der Waals surface area contributed by atoms with E-state index in [4.69, 9.17) is 22.8 Å². The number of imidazole rings is 2. The molecule has 1 saturated carbocycles. The second kappa shape index (κ2) is 10.7. The molecule has 2 bridgehead atoms. The van der Waals surface area contributed by atoms with Crippen LogP contribution in [-0.4, -0.2) is 96.4 Å². The van der Waals surface area contributed by atoms with E-state index in [9.17, 15) is 33.6 Å². The normalized spacial score (nSPS) is 37.5. The SMILES string of the molecule is Cn1cnc2c(ncn2[C@@H]2C[C@@H]3OP(=O)(O)O[C@H]4[C@@H](F)[C@H](n5cnc6c(=O)n(C)cnc65)O[C@@H]4COP(=O)(O)O[C@@H]2[C@@H]3O)c1=O. The third-order valence-corrected chi connectivity index (χ3v) is 9.97. The van der Waals surface area contributed by atoms with Crippen LogP contribution in [0.5, 0.6) is 0 Å². The average Bonchev–Trinajstić information content (AvgIpc) is 3.73. The first kappa shape index (κ1) is 30.4. The van der Waals surface area contributed by atoms with Crippen LogP contribution in [0, 0.1) is 0 Å². The summed E-state index contributed by atoms with van der Waals surface area (Å²) in [6.45, 7) is -0.889. The van der Waals surface area contributed by atoms with Crippen molar-refractivity contribution in [1.82, 2.24) is 38.2 Å². The van der Waals surface area contributed by atoms with E-state index in [1.807, 2.05) is 0 Å². The molecule has 2 unspecified atom stereocenters. The monoisotopic (exact) mass is 674 g/mol. The Bertz CT molecular complexity index is 2030. The lowest BCUT2D eigenvalue weighted by atomic mass is 10.1. The number of phosphoric ester groups is 2. The molecule has 0 aromatic carbocycles. The molecule has 242 valence electrons. The minimum atomic E-state index is -5.20. The molecule has 1 aliphatic carbocycles. The van der Waals surface area contributed by atoms with Crippen LogP contribution in [0.2, 0.25) is 0 Å². The highest BCUT2D eigenvalue weighted by atomic mass is 31.2. The Labute approximate surface area is 249 Å². The first-order chi connectivity index (χ1) is 21.2. The molecule has 6 heterocycles. The number of aliphatic hydroxyl groups excluding tert-OH is 1. The number of alkyl halides is 1. The molecule has 7 rings (SSSR count). The minimum Gasteiger partial charge on any atom is -0.388 e. The highest BCUT2D eigenvalue weighted by molar-refractivity contribution is 7.47. The van der Waals surface area contributed by atoms with E-state index in [2.05, 4.69) is 19.9 Å². The quantitative estimate of drug-likeness (QED) is 0.220. The van der Waals surface area contributed by atoms with Crippen molar-refractivity contribution < 1.29 is 51.2 Å². The predicted octanol–water partition coefficient (Wildman–Crippen LogP) is -0.799. The molecular weight excluding hydrogens is 649 g/mol. The Hall–Kier alpha value is -3.23. The van der Waals surface area contributed by atoms with Gasteiger partial charge in [-0.3, -0.25) is 32.3 Å². The van der Waals surface area contributed by atoms with Crippen molar-refractivity contribution in [3.63, 3.8) is 0 Å². The number of aryl methyl sites for hydroxylation is 2. The molecule has 3 N–H and O–H groups in total. The number of hydrogen-bond acceptors (Lipinski definition) is 14. The Morgan fingerprint density at radius 2 is 1.40 bits per heavy atom. The van der Waals surface area contributed by atoms with Gasteiger partial charge in [-0.15, -0.1) is 0 Å². The summed E-state index contributed by atoms with van der Waals surface area (Å²) in [5.74, 6) is 0. The fourth-order valence-electron chi connectivity index (χ4n) is 5.76. The van der Waals surface area contributed by atoms with Crippen LogP contribution >= 0.6 is 15.6 Å². The van der Waals surface area contributed by atoms with Gasteiger partial charge in [-0.1, -0.05) is 0 Å². The van der Waals surface area contributed by atoms with Crippen LogP contribution in [-0.2, 0) is 46.1 Å². The van der Waals surface area contributed by atoms with Gasteiger partial charge in [0, 0.05) is 20.5 Å². The molecule has 3 aliphatic rings. The number of fused-ring (bicyclic) bond motifs is 5. The number of halogens is 1. The van der Waals surface area contributed by atoms with Gasteiger partial charge in [-0.05, 0) is 0 Å². The maximum atomic E-state index is 16.0. The van der Waals surface area contributed by atoms with Crippen LogP contribution in [0.15, 0.2) is 34.9 Å². The summed E-state index contributed by atoms with van der Waals surface area (Å²) in [5.41, 5.74) is -1.20. The lowest BCUT2D eigenvalue weighted by molar-refractivity contribution is -0.0663. The fraction of sp³-hybridized carbons (Fsp3) is 0.545. The summed E-state index contributed by atoms with van der Waals surface area (Å²) in [7, 11) is -7.37. The summed E-state index contributed by atoms with van der Waals surface area (Å²) in [5, 5.41) is 11.1. The predicted molar refractivity (Wildman–Crippen MR) is 144 cm³/mol. The van der Waals surface area contributed by atoms with E-state index in [-0.39, 0.29) is 28.7 Å². The second-order valence-electron chi connectivity index (χ2n) is 10.8. The molecule has 2 aliphatic heterocycles. The first-order valence-corrected chi connectivity index (χ1v) is 16.3. The van der Waals surface area contributed by atoms with E-state index in [1.165, 1.54) is 42.2 Å². The van der Waals surface area contributed by atoms with Crippen molar-refractivity contribution in [3.8, 4) is 0 Å². The molecule has 0 spiro atoms. The maximum absolute atomic E-state index is 16.0. The molecule has 10 atom stereocenters. The van der Waals surface area contributed by atoms with Gasteiger partial charge in [-0.25, -0.2) is 33.5 Å². The number of nitrogens with zero attached hydrogens (tertiary/aromatic N) is 8. The zero-order valence-electron chi connectivity index (χ0n) is 23.2. The van der Waals surface area contributed by atoms with E-state index < -0.39 is 82.3 Å². The molecule has 0 amide bonds. The van der Waals surface area contributed by atoms with Crippen molar-refractivity contribution in [2.24, 2.45) is 14.1 Å². The number of aromatic nitrogens is 8. The number of phosphoric acid groups is 2. The minimum absolute atomic E-state index is 0.0413. The van der Waals surface area contributed by atoms with Crippen LogP contribution in [0.25, 0.3) is 22.3 Å². The van der Waals surface area contributed by atoms with Gasteiger partial charge in [0.2, 0.25) is 0 Å². The van der Waals surface area contributed by atoms with Crippen LogP contribution in [0.1, 0.15) is 18.7 Å². The number of aliphatic hydroxyl groups is 1. The van der Waals surface area contributed by atoms with Gasteiger partial charge in [0.1, 0.15) is 30.5 Å². The van der Waals surface area contributed by atoms with Gasteiger partial charge in [0.05, 0.1) is 38.0 Å². The summed E-state index contributed by atoms with van der Waals surface area (Å²) in [6, 6.07) is -1.11. The Morgan fingerprint density at radius 1 is 0.822 bits per heavy atom. The van der Waals surface area contributed by atoms with Crippen molar-refractivity contribution >= 4 is 38.0 Å². The highest BCUT2D eigenvalue weighted by Crippen LogP contribution is 2.56. The standard InChI is InChI=1S/C22H25FN8O12P2/c1-28-5-26-18-13(20(28)33)24-7-30(18)9-3-10-15(32)16(9)42-44(35,36)39-4-11-17(43-45(37,38)41-10)12(23)22(40-11)31-8-25-14-19(31)27-6-29(2)21(14)34/h5-12,15-17,22,32H,3-4H2,1-2H3,(H,35,36)(H,37,38)/t9-,10+,11-,12-,15-,16+,17-,22-/m1/s1. The highest BCUT2D eigenvalue weighted by Gasteiger charge is 2.55. The largest absolute Gasteiger partial charge is 0.473 e. The Balaban J connectivity index is 1.22. The van der Waals surface area contributed by atoms with E-state index >= 15 is 4.39 Å². The van der Waals surface area contributed by atoms with Gasteiger partial charge in [0.25, 0.3) is 11.1 Å². The van der Waals surface area contributed by atoms with E-state index in [0.29, 0.717) is 0 Å². The fourth-order valence-corrected chi connectivity index (χ4v) is 7.89. The number of hydrogen-bond donors (Lipinski definition) is 3. The van der Waals surface area contributed by atoms with Crippen LogP contribution < -0.4 is 11.1 Å². The van der Waals surface area contributed by atoms with Crippen LogP contribution in [0.3, 0.4) is 0 Å². The summed E-state index contributed by atoms with van der Waals surface area (Å²) in [4.78, 5) is 62.6. The lowest BCUT2D eigenvalue weighted by Gasteiger charge is -2.28. The Kier molecular flexibility index (Phi) is 7.21. The third-order valence-electron chi connectivity index (χ3n) is 7.94. The first-order valence-electron chi connectivity index (χ1n) is 13.3. The molecule has 20 nitrogen and oxygen atoms in total. The molecule has 4 aromatic heterocycles. The zero-order chi connectivity index (χ0) is 32.0. The summed E-state index contributed by atoms with van der Waals surface area (Å²) >= 11 is 0. The lowest BCUT2D eigenvalue weighted by Crippen LogP contribution is -2.37. The molecule has 2 saturated heterocycles. The average molecular weight is 674 g/mol. The molecule has 4 aromatic rings. The number of ether oxygens (including phenoxy) is 1. The Morgan fingerprint density at radius 3 is 2.04 bits per heavy atom. The molecule has 0 radical (unpaired) electrons.